The minimum absolute atomic E-state index is 0.0525. The van der Waals surface area contributed by atoms with Gasteiger partial charge in [0.15, 0.2) is 0 Å². The first-order valence-electron chi connectivity index (χ1n) is 9.03. The number of hydrogen-bond acceptors (Lipinski definition) is 3. The van der Waals surface area contributed by atoms with Gasteiger partial charge in [0.05, 0.1) is 15.2 Å². The highest BCUT2D eigenvalue weighted by atomic mass is 32.1. The Kier molecular flexibility index (Phi) is 3.18. The van der Waals surface area contributed by atoms with E-state index in [1.807, 2.05) is 25.1 Å². The normalized spacial score (nSPS) is 33.8. The number of urea groups is 1. The van der Waals surface area contributed by atoms with Crippen molar-refractivity contribution in [3.63, 3.8) is 0 Å². The van der Waals surface area contributed by atoms with E-state index in [-0.39, 0.29) is 11.6 Å². The van der Waals surface area contributed by atoms with Crippen LogP contribution in [0.5, 0.6) is 0 Å². The van der Waals surface area contributed by atoms with Crippen molar-refractivity contribution in [2.75, 3.05) is 5.32 Å². The lowest BCUT2D eigenvalue weighted by Crippen LogP contribution is -2.60. The summed E-state index contributed by atoms with van der Waals surface area (Å²) in [5.74, 6) is 2.52. The minimum atomic E-state index is -0.0525. The molecule has 4 nitrogen and oxygen atoms in total. The molecule has 0 aliphatic heterocycles. The Morgan fingerprint density at radius 2 is 1.83 bits per heavy atom. The van der Waals surface area contributed by atoms with E-state index in [1.54, 1.807) is 11.3 Å². The lowest BCUT2D eigenvalue weighted by atomic mass is 9.53. The first-order chi connectivity index (χ1) is 11.6. The number of carbonyl (C=O) groups excluding carboxylic acids is 1. The predicted octanol–water partition coefficient (Wildman–Crippen LogP) is 4.70. The summed E-state index contributed by atoms with van der Waals surface area (Å²) in [4.78, 5) is 17.1. The number of amides is 2. The van der Waals surface area contributed by atoms with Crippen LogP contribution >= 0.6 is 11.3 Å². The van der Waals surface area contributed by atoms with Crippen molar-refractivity contribution in [2.24, 2.45) is 17.8 Å². The number of fused-ring (bicyclic) bond motifs is 1. The van der Waals surface area contributed by atoms with Gasteiger partial charge in [-0.1, -0.05) is 0 Å². The fourth-order valence-electron chi connectivity index (χ4n) is 5.79. The molecular formula is C19H23N3OS. The smallest absolute Gasteiger partial charge is 0.319 e. The Bertz CT molecular complexity index is 777. The van der Waals surface area contributed by atoms with Crippen LogP contribution in [-0.4, -0.2) is 16.6 Å². The molecule has 0 atom stereocenters. The van der Waals surface area contributed by atoms with Crippen molar-refractivity contribution in [1.29, 1.82) is 0 Å². The van der Waals surface area contributed by atoms with Gasteiger partial charge in [-0.15, -0.1) is 11.3 Å². The SMILES string of the molecule is Cc1nc2cc(NC(=O)NC34CC5CC(CC(C5)C3)C4)ccc2s1. The highest BCUT2D eigenvalue weighted by Gasteiger charge is 2.51. The van der Waals surface area contributed by atoms with Crippen LogP contribution in [0.2, 0.25) is 0 Å². The maximum Gasteiger partial charge on any atom is 0.319 e. The molecular weight excluding hydrogens is 318 g/mol. The fourth-order valence-corrected chi connectivity index (χ4v) is 6.59. The van der Waals surface area contributed by atoms with Crippen LogP contribution in [0.25, 0.3) is 10.2 Å². The molecule has 126 valence electrons. The summed E-state index contributed by atoms with van der Waals surface area (Å²) in [5.41, 5.74) is 1.85. The summed E-state index contributed by atoms with van der Waals surface area (Å²) in [7, 11) is 0. The molecule has 6 rings (SSSR count). The molecule has 1 heterocycles. The van der Waals surface area contributed by atoms with E-state index < -0.39 is 0 Å². The average molecular weight is 341 g/mol. The first kappa shape index (κ1) is 14.7. The van der Waals surface area contributed by atoms with Crippen molar-refractivity contribution in [1.82, 2.24) is 10.3 Å². The summed E-state index contributed by atoms with van der Waals surface area (Å²) in [5, 5.41) is 7.45. The molecule has 24 heavy (non-hydrogen) atoms. The largest absolute Gasteiger partial charge is 0.332 e. The van der Waals surface area contributed by atoms with E-state index in [9.17, 15) is 4.79 Å². The molecule has 2 amide bonds. The van der Waals surface area contributed by atoms with E-state index in [4.69, 9.17) is 0 Å². The van der Waals surface area contributed by atoms with Gasteiger partial charge in [-0.25, -0.2) is 9.78 Å². The number of thiazole rings is 1. The molecule has 0 unspecified atom stereocenters. The highest BCUT2D eigenvalue weighted by Crippen LogP contribution is 2.55. The molecule has 4 aliphatic rings. The monoisotopic (exact) mass is 341 g/mol. The number of nitrogens with one attached hydrogen (secondary N) is 2. The van der Waals surface area contributed by atoms with Crippen molar-refractivity contribution < 1.29 is 4.79 Å². The van der Waals surface area contributed by atoms with Crippen molar-refractivity contribution >= 4 is 33.3 Å². The molecule has 0 spiro atoms. The van der Waals surface area contributed by atoms with E-state index in [0.29, 0.717) is 0 Å². The van der Waals surface area contributed by atoms with Crippen LogP contribution < -0.4 is 10.6 Å². The molecule has 4 saturated carbocycles. The minimum Gasteiger partial charge on any atom is -0.332 e. The van der Waals surface area contributed by atoms with Crippen LogP contribution in [0.15, 0.2) is 18.2 Å². The van der Waals surface area contributed by atoms with Gasteiger partial charge in [0.1, 0.15) is 0 Å². The Labute approximate surface area is 146 Å². The number of aryl methyl sites for hydroxylation is 1. The van der Waals surface area contributed by atoms with Crippen molar-refractivity contribution in [3.8, 4) is 0 Å². The van der Waals surface area contributed by atoms with Crippen LogP contribution in [0.1, 0.15) is 43.5 Å². The zero-order valence-electron chi connectivity index (χ0n) is 14.0. The van der Waals surface area contributed by atoms with E-state index in [2.05, 4.69) is 15.6 Å². The maximum atomic E-state index is 12.6. The topological polar surface area (TPSA) is 54.0 Å². The third kappa shape index (κ3) is 2.50. The number of carbonyl (C=O) groups is 1. The molecule has 5 heteroatoms. The van der Waals surface area contributed by atoms with Gasteiger partial charge in [0, 0.05) is 11.2 Å². The van der Waals surface area contributed by atoms with Crippen LogP contribution in [0.4, 0.5) is 10.5 Å². The Balaban J connectivity index is 1.31. The molecule has 1 aromatic carbocycles. The Morgan fingerprint density at radius 1 is 1.17 bits per heavy atom. The van der Waals surface area contributed by atoms with Gasteiger partial charge in [-0.3, -0.25) is 0 Å². The first-order valence-corrected chi connectivity index (χ1v) is 9.85. The predicted molar refractivity (Wildman–Crippen MR) is 97.4 cm³/mol. The third-order valence-corrected chi connectivity index (χ3v) is 7.12. The molecule has 2 aromatic rings. The Hall–Kier alpha value is -1.62. The van der Waals surface area contributed by atoms with Crippen LogP contribution in [-0.2, 0) is 0 Å². The van der Waals surface area contributed by atoms with Crippen LogP contribution in [0, 0.1) is 24.7 Å². The van der Waals surface area contributed by atoms with E-state index in [1.165, 1.54) is 43.2 Å². The zero-order chi connectivity index (χ0) is 16.3. The maximum absolute atomic E-state index is 12.6. The molecule has 0 radical (unpaired) electrons. The number of nitrogens with zero attached hydrogens (tertiary/aromatic N) is 1. The lowest BCUT2D eigenvalue weighted by molar-refractivity contribution is -0.0127. The highest BCUT2D eigenvalue weighted by molar-refractivity contribution is 7.18. The van der Waals surface area contributed by atoms with Gasteiger partial charge >= 0.3 is 6.03 Å². The molecule has 4 fully saturated rings. The number of anilines is 1. The van der Waals surface area contributed by atoms with E-state index in [0.717, 1.165) is 34.0 Å². The fraction of sp³-hybridized carbons (Fsp3) is 0.579. The quantitative estimate of drug-likeness (QED) is 0.832. The second-order valence-electron chi connectivity index (χ2n) is 8.19. The van der Waals surface area contributed by atoms with Crippen LogP contribution in [0.3, 0.4) is 0 Å². The molecule has 4 aliphatic carbocycles. The van der Waals surface area contributed by atoms with Crippen molar-refractivity contribution in [2.45, 2.75) is 51.0 Å². The van der Waals surface area contributed by atoms with E-state index >= 15 is 0 Å². The second-order valence-corrected chi connectivity index (χ2v) is 9.43. The van der Waals surface area contributed by atoms with Gasteiger partial charge in [-0.2, -0.15) is 0 Å². The number of hydrogen-bond donors (Lipinski definition) is 2. The number of aromatic nitrogens is 1. The zero-order valence-corrected chi connectivity index (χ0v) is 14.8. The van der Waals surface area contributed by atoms with Gasteiger partial charge in [-0.05, 0) is 81.4 Å². The van der Waals surface area contributed by atoms with Gasteiger partial charge in [0.25, 0.3) is 0 Å². The van der Waals surface area contributed by atoms with Gasteiger partial charge in [0.2, 0.25) is 0 Å². The van der Waals surface area contributed by atoms with Gasteiger partial charge < -0.3 is 10.6 Å². The summed E-state index contributed by atoms with van der Waals surface area (Å²) in [6.07, 6.45) is 7.71. The summed E-state index contributed by atoms with van der Waals surface area (Å²) in [6.45, 7) is 2.01. The summed E-state index contributed by atoms with van der Waals surface area (Å²) < 4.78 is 1.17. The molecule has 0 saturated heterocycles. The Morgan fingerprint density at radius 3 is 2.50 bits per heavy atom. The molecule has 1 aromatic heterocycles. The summed E-state index contributed by atoms with van der Waals surface area (Å²) >= 11 is 1.68. The average Bonchev–Trinajstić information content (AvgIpc) is 2.84. The molecule has 2 N–H and O–H groups in total. The lowest BCUT2D eigenvalue weighted by Gasteiger charge is -2.56. The number of rotatable bonds is 2. The number of benzene rings is 1. The third-order valence-electron chi connectivity index (χ3n) is 6.17. The van der Waals surface area contributed by atoms with Crippen molar-refractivity contribution in [3.05, 3.63) is 23.2 Å². The summed E-state index contributed by atoms with van der Waals surface area (Å²) in [6, 6.07) is 5.93. The second kappa shape index (κ2) is 5.19. The standard InChI is InChI=1S/C19H23N3OS/c1-11-20-16-7-15(2-3-17(16)24-11)21-18(23)22-19-8-12-4-13(9-19)6-14(5-12)10-19/h2-3,7,12-14H,4-6,8-10H2,1H3,(H2,21,22,23). The molecule has 4 bridgehead atoms.